The SMILES string of the molecule is COC(=O)C1CCCN1C(=O)c1cccc(NC(=O)c2ccc(Br)o2)c1. The third-order valence-corrected chi connectivity index (χ3v) is 4.58. The normalized spacial score (nSPS) is 16.4. The number of carbonyl (C=O) groups is 3. The van der Waals surface area contributed by atoms with Crippen LogP contribution in [0.5, 0.6) is 0 Å². The highest BCUT2D eigenvalue weighted by molar-refractivity contribution is 9.10. The molecule has 1 unspecified atom stereocenters. The molecule has 1 aliphatic rings. The predicted octanol–water partition coefficient (Wildman–Crippen LogP) is 3.07. The molecule has 1 atom stereocenters. The molecule has 26 heavy (non-hydrogen) atoms. The first-order valence-electron chi connectivity index (χ1n) is 8.05. The summed E-state index contributed by atoms with van der Waals surface area (Å²) < 4.78 is 10.4. The molecule has 0 saturated carbocycles. The summed E-state index contributed by atoms with van der Waals surface area (Å²) >= 11 is 3.14. The molecule has 1 aliphatic heterocycles. The molecule has 0 bridgehead atoms. The molecule has 8 heteroatoms. The van der Waals surface area contributed by atoms with E-state index in [0.717, 1.165) is 6.42 Å². The van der Waals surface area contributed by atoms with E-state index in [0.29, 0.717) is 28.9 Å². The first kappa shape index (κ1) is 18.2. The smallest absolute Gasteiger partial charge is 0.328 e. The predicted molar refractivity (Wildman–Crippen MR) is 96.9 cm³/mol. The van der Waals surface area contributed by atoms with Gasteiger partial charge < -0.3 is 19.4 Å². The third-order valence-electron chi connectivity index (χ3n) is 4.15. The minimum atomic E-state index is -0.564. The van der Waals surface area contributed by atoms with Crippen molar-refractivity contribution in [2.45, 2.75) is 18.9 Å². The van der Waals surface area contributed by atoms with Crippen LogP contribution in [0.2, 0.25) is 0 Å². The number of likely N-dealkylation sites (tertiary alicyclic amines) is 1. The van der Waals surface area contributed by atoms with E-state index in [1.54, 1.807) is 36.4 Å². The van der Waals surface area contributed by atoms with Gasteiger partial charge in [0.25, 0.3) is 11.8 Å². The summed E-state index contributed by atoms with van der Waals surface area (Å²) in [6.45, 7) is 0.496. The van der Waals surface area contributed by atoms with E-state index in [1.165, 1.54) is 12.0 Å². The van der Waals surface area contributed by atoms with Crippen LogP contribution in [0, 0.1) is 0 Å². The summed E-state index contributed by atoms with van der Waals surface area (Å²) in [6.07, 6.45) is 1.33. The zero-order valence-electron chi connectivity index (χ0n) is 14.0. The minimum absolute atomic E-state index is 0.152. The highest BCUT2D eigenvalue weighted by atomic mass is 79.9. The van der Waals surface area contributed by atoms with Crippen molar-refractivity contribution in [2.24, 2.45) is 0 Å². The Bertz CT molecular complexity index is 848. The number of nitrogens with one attached hydrogen (secondary N) is 1. The summed E-state index contributed by atoms with van der Waals surface area (Å²) in [5.74, 6) is -0.953. The monoisotopic (exact) mass is 420 g/mol. The summed E-state index contributed by atoms with van der Waals surface area (Å²) in [4.78, 5) is 38.3. The number of hydrogen-bond acceptors (Lipinski definition) is 5. The summed E-state index contributed by atoms with van der Waals surface area (Å²) in [5.41, 5.74) is 0.849. The van der Waals surface area contributed by atoms with Crippen LogP contribution in [-0.4, -0.2) is 42.4 Å². The molecular weight excluding hydrogens is 404 g/mol. The van der Waals surface area contributed by atoms with Gasteiger partial charge in [-0.25, -0.2) is 4.79 Å². The van der Waals surface area contributed by atoms with Gasteiger partial charge in [0.2, 0.25) is 0 Å². The van der Waals surface area contributed by atoms with Gasteiger partial charge in [-0.2, -0.15) is 0 Å². The van der Waals surface area contributed by atoms with Crippen molar-refractivity contribution in [2.75, 3.05) is 19.0 Å². The molecule has 0 radical (unpaired) electrons. The number of nitrogens with zero attached hydrogens (tertiary/aromatic N) is 1. The van der Waals surface area contributed by atoms with Gasteiger partial charge >= 0.3 is 5.97 Å². The van der Waals surface area contributed by atoms with Gasteiger partial charge in [0, 0.05) is 17.8 Å². The highest BCUT2D eigenvalue weighted by Gasteiger charge is 2.35. The molecule has 2 aromatic rings. The third kappa shape index (κ3) is 3.80. The van der Waals surface area contributed by atoms with Crippen LogP contribution in [0.25, 0.3) is 0 Å². The molecule has 1 saturated heterocycles. The number of halogens is 1. The molecule has 3 rings (SSSR count). The van der Waals surface area contributed by atoms with E-state index in [1.807, 2.05) is 0 Å². The molecule has 2 amide bonds. The van der Waals surface area contributed by atoms with Gasteiger partial charge in [0.15, 0.2) is 10.4 Å². The van der Waals surface area contributed by atoms with Crippen LogP contribution in [0.3, 0.4) is 0 Å². The fraction of sp³-hybridized carbons (Fsp3) is 0.278. The van der Waals surface area contributed by atoms with Crippen LogP contribution >= 0.6 is 15.9 Å². The molecule has 0 aliphatic carbocycles. The number of amides is 2. The van der Waals surface area contributed by atoms with Crippen molar-refractivity contribution >= 4 is 39.4 Å². The number of methoxy groups -OCH3 is 1. The van der Waals surface area contributed by atoms with Crippen LogP contribution < -0.4 is 5.32 Å². The molecule has 136 valence electrons. The number of benzene rings is 1. The van der Waals surface area contributed by atoms with Crippen molar-refractivity contribution < 1.29 is 23.5 Å². The molecular formula is C18H17BrN2O5. The van der Waals surface area contributed by atoms with Gasteiger partial charge in [-0.15, -0.1) is 0 Å². The van der Waals surface area contributed by atoms with Crippen LogP contribution in [0.4, 0.5) is 5.69 Å². The van der Waals surface area contributed by atoms with E-state index in [4.69, 9.17) is 9.15 Å². The average molecular weight is 421 g/mol. The van der Waals surface area contributed by atoms with Gasteiger partial charge in [-0.05, 0) is 59.1 Å². The fourth-order valence-electron chi connectivity index (χ4n) is 2.92. The highest BCUT2D eigenvalue weighted by Crippen LogP contribution is 2.23. The molecule has 1 aromatic carbocycles. The summed E-state index contributed by atoms with van der Waals surface area (Å²) in [7, 11) is 1.31. The second-order valence-electron chi connectivity index (χ2n) is 5.82. The largest absolute Gasteiger partial charge is 0.467 e. The first-order chi connectivity index (χ1) is 12.5. The Labute approximate surface area is 158 Å². The van der Waals surface area contributed by atoms with E-state index >= 15 is 0 Å². The number of furan rings is 1. The van der Waals surface area contributed by atoms with E-state index in [9.17, 15) is 14.4 Å². The van der Waals surface area contributed by atoms with E-state index in [-0.39, 0.29) is 11.7 Å². The van der Waals surface area contributed by atoms with Crippen molar-refractivity contribution in [1.29, 1.82) is 0 Å². The lowest BCUT2D eigenvalue weighted by Gasteiger charge is -2.22. The average Bonchev–Trinajstić information content (AvgIpc) is 3.29. The van der Waals surface area contributed by atoms with Crippen LogP contribution in [0.15, 0.2) is 45.5 Å². The molecule has 1 fully saturated rings. The summed E-state index contributed by atoms with van der Waals surface area (Å²) in [5, 5.41) is 2.69. The molecule has 1 aromatic heterocycles. The van der Waals surface area contributed by atoms with E-state index < -0.39 is 17.9 Å². The summed E-state index contributed by atoms with van der Waals surface area (Å²) in [6, 6.07) is 9.16. The number of esters is 1. The Balaban J connectivity index is 1.75. The van der Waals surface area contributed by atoms with Crippen LogP contribution in [-0.2, 0) is 9.53 Å². The Morgan fingerprint density at radius 2 is 2.08 bits per heavy atom. The van der Waals surface area contributed by atoms with Crippen molar-refractivity contribution in [3.05, 3.63) is 52.4 Å². The number of carbonyl (C=O) groups excluding carboxylic acids is 3. The Hall–Kier alpha value is -2.61. The second-order valence-corrected chi connectivity index (χ2v) is 6.60. The fourth-order valence-corrected chi connectivity index (χ4v) is 3.22. The number of rotatable bonds is 4. The second kappa shape index (κ2) is 7.74. The maximum Gasteiger partial charge on any atom is 0.328 e. The molecule has 1 N–H and O–H groups in total. The van der Waals surface area contributed by atoms with Gasteiger partial charge in [-0.3, -0.25) is 9.59 Å². The maximum atomic E-state index is 12.8. The van der Waals surface area contributed by atoms with Gasteiger partial charge in [0.1, 0.15) is 6.04 Å². The Kier molecular flexibility index (Phi) is 5.41. The molecule has 2 heterocycles. The standard InChI is InChI=1S/C18H17BrN2O5/c1-25-18(24)13-6-3-9-21(13)17(23)11-4-2-5-12(10-11)20-16(22)14-7-8-15(19)26-14/h2,4-5,7-8,10,13H,3,6,9H2,1H3,(H,20,22). The Morgan fingerprint density at radius 3 is 2.77 bits per heavy atom. The quantitative estimate of drug-likeness (QED) is 0.767. The van der Waals surface area contributed by atoms with Crippen molar-refractivity contribution in [3.63, 3.8) is 0 Å². The van der Waals surface area contributed by atoms with Crippen molar-refractivity contribution in [3.8, 4) is 0 Å². The zero-order valence-corrected chi connectivity index (χ0v) is 15.6. The molecule has 0 spiro atoms. The van der Waals surface area contributed by atoms with Gasteiger partial charge in [0.05, 0.1) is 7.11 Å². The Morgan fingerprint density at radius 1 is 1.27 bits per heavy atom. The minimum Gasteiger partial charge on any atom is -0.467 e. The number of ether oxygens (including phenoxy) is 1. The maximum absolute atomic E-state index is 12.8. The zero-order chi connectivity index (χ0) is 18.7. The topological polar surface area (TPSA) is 88.9 Å². The number of hydrogen-bond donors (Lipinski definition) is 1. The van der Waals surface area contributed by atoms with Crippen LogP contribution in [0.1, 0.15) is 33.8 Å². The molecule has 7 nitrogen and oxygen atoms in total. The lowest BCUT2D eigenvalue weighted by atomic mass is 10.1. The first-order valence-corrected chi connectivity index (χ1v) is 8.84. The number of anilines is 1. The van der Waals surface area contributed by atoms with E-state index in [2.05, 4.69) is 21.2 Å². The lowest BCUT2D eigenvalue weighted by Crippen LogP contribution is -2.41. The lowest BCUT2D eigenvalue weighted by molar-refractivity contribution is -0.145. The van der Waals surface area contributed by atoms with Crippen molar-refractivity contribution in [1.82, 2.24) is 4.90 Å². The van der Waals surface area contributed by atoms with Gasteiger partial charge in [-0.1, -0.05) is 6.07 Å².